The van der Waals surface area contributed by atoms with E-state index >= 15 is 0 Å². The smallest absolute Gasteiger partial charge is 0.271 e. The molecular formula is C34H35N3O5S. The third-order valence-corrected chi connectivity index (χ3v) is 8.42. The van der Waals surface area contributed by atoms with Crippen molar-refractivity contribution in [2.24, 2.45) is 4.99 Å². The van der Waals surface area contributed by atoms with Gasteiger partial charge in [0, 0.05) is 18.7 Å². The van der Waals surface area contributed by atoms with Crippen molar-refractivity contribution >= 4 is 23.3 Å². The lowest BCUT2D eigenvalue weighted by molar-refractivity contribution is -0.127. The van der Waals surface area contributed by atoms with Gasteiger partial charge in [-0.3, -0.25) is 14.2 Å². The van der Waals surface area contributed by atoms with Gasteiger partial charge in [0.05, 0.1) is 30.0 Å². The number of methoxy groups -OCH3 is 2. The molecule has 0 aliphatic carbocycles. The summed E-state index contributed by atoms with van der Waals surface area (Å²) in [4.78, 5) is 35.1. The Kier molecular flexibility index (Phi) is 9.11. The Morgan fingerprint density at radius 3 is 2.44 bits per heavy atom. The first-order valence-electron chi connectivity index (χ1n) is 14.2. The Balaban J connectivity index is 1.63. The number of allylic oxidation sites excluding steroid dienone is 1. The number of ether oxygens (including phenoxy) is 3. The highest BCUT2D eigenvalue weighted by molar-refractivity contribution is 7.07. The molecule has 1 aliphatic rings. The van der Waals surface area contributed by atoms with Crippen LogP contribution in [0.15, 0.2) is 93.9 Å². The molecule has 0 radical (unpaired) electrons. The van der Waals surface area contributed by atoms with E-state index in [-0.39, 0.29) is 11.5 Å². The molecule has 0 unspecified atom stereocenters. The number of nitrogens with zero attached hydrogens (tertiary/aromatic N) is 3. The summed E-state index contributed by atoms with van der Waals surface area (Å²) < 4.78 is 19.4. The zero-order valence-electron chi connectivity index (χ0n) is 25.0. The standard InChI is InChI=1S/C34H35N3O5S/c1-6-36(7-2)33(39)30-22(3)35-34-37(31(30)27-20-25(40-4)16-17-28(27)41-5)32(38)29(43-34)19-24-14-11-15-26(18-24)42-21-23-12-9-8-10-13-23/h8-20,31H,6-7,21H2,1-5H3/b29-19+/t31-/m1/s1. The molecular weight excluding hydrogens is 562 g/mol. The van der Waals surface area contributed by atoms with Crippen molar-refractivity contribution in [3.8, 4) is 17.2 Å². The quantitative estimate of drug-likeness (QED) is 0.265. The first kappa shape index (κ1) is 29.8. The molecule has 222 valence electrons. The molecule has 5 rings (SSSR count). The molecule has 43 heavy (non-hydrogen) atoms. The summed E-state index contributed by atoms with van der Waals surface area (Å²) in [6.07, 6.45) is 1.84. The average Bonchev–Trinajstić information content (AvgIpc) is 3.33. The van der Waals surface area contributed by atoms with E-state index in [0.717, 1.165) is 11.1 Å². The molecule has 1 aromatic heterocycles. The summed E-state index contributed by atoms with van der Waals surface area (Å²) >= 11 is 1.29. The predicted molar refractivity (Wildman–Crippen MR) is 168 cm³/mol. The van der Waals surface area contributed by atoms with Gasteiger partial charge in [-0.15, -0.1) is 0 Å². The highest BCUT2D eigenvalue weighted by atomic mass is 32.1. The van der Waals surface area contributed by atoms with Gasteiger partial charge < -0.3 is 19.1 Å². The van der Waals surface area contributed by atoms with Crippen LogP contribution in [0.3, 0.4) is 0 Å². The van der Waals surface area contributed by atoms with E-state index < -0.39 is 6.04 Å². The van der Waals surface area contributed by atoms with Crippen LogP contribution in [-0.2, 0) is 11.4 Å². The molecule has 0 bridgehead atoms. The third kappa shape index (κ3) is 6.12. The van der Waals surface area contributed by atoms with E-state index in [2.05, 4.69) is 0 Å². The molecule has 8 nitrogen and oxygen atoms in total. The van der Waals surface area contributed by atoms with Crippen LogP contribution < -0.4 is 29.1 Å². The number of aromatic nitrogens is 1. The molecule has 1 aliphatic heterocycles. The molecule has 9 heteroatoms. The number of benzene rings is 3. The lowest BCUT2D eigenvalue weighted by Crippen LogP contribution is -2.43. The predicted octanol–water partition coefficient (Wildman–Crippen LogP) is 4.70. The monoisotopic (exact) mass is 597 g/mol. The van der Waals surface area contributed by atoms with Gasteiger partial charge in [-0.25, -0.2) is 4.99 Å². The van der Waals surface area contributed by atoms with Gasteiger partial charge in [0.1, 0.15) is 29.9 Å². The van der Waals surface area contributed by atoms with Crippen LogP contribution in [0.4, 0.5) is 0 Å². The molecule has 0 fully saturated rings. The Bertz CT molecular complexity index is 1840. The molecule has 0 spiro atoms. The third-order valence-electron chi connectivity index (χ3n) is 7.44. The van der Waals surface area contributed by atoms with Crippen LogP contribution in [0.1, 0.15) is 43.5 Å². The molecule has 2 heterocycles. The lowest BCUT2D eigenvalue weighted by atomic mass is 9.93. The highest BCUT2D eigenvalue weighted by Crippen LogP contribution is 2.38. The summed E-state index contributed by atoms with van der Waals surface area (Å²) in [5, 5.41) is 0. The number of carbonyl (C=O) groups is 1. The van der Waals surface area contributed by atoms with Crippen LogP contribution in [0.2, 0.25) is 0 Å². The SMILES string of the molecule is CCN(CC)C(=O)C1=C(C)N=c2s/c(=C/c3cccc(OCc4ccccc4)c3)c(=O)n2[C@@H]1c1cc(OC)ccc1OC. The lowest BCUT2D eigenvalue weighted by Gasteiger charge is -2.30. The molecule has 1 amide bonds. The maximum atomic E-state index is 14.2. The Hall–Kier alpha value is -4.63. The van der Waals surface area contributed by atoms with Crippen molar-refractivity contribution < 1.29 is 19.0 Å². The van der Waals surface area contributed by atoms with Gasteiger partial charge in [0.25, 0.3) is 11.5 Å². The molecule has 3 aromatic carbocycles. The minimum Gasteiger partial charge on any atom is -0.497 e. The normalized spacial score (nSPS) is 14.6. The van der Waals surface area contributed by atoms with Gasteiger partial charge in [0.2, 0.25) is 0 Å². The van der Waals surface area contributed by atoms with Crippen LogP contribution in [0.5, 0.6) is 17.2 Å². The molecule has 0 N–H and O–H groups in total. The van der Waals surface area contributed by atoms with E-state index in [1.807, 2.05) is 87.5 Å². The van der Waals surface area contributed by atoms with Crippen molar-refractivity contribution in [1.82, 2.24) is 9.47 Å². The fourth-order valence-electron chi connectivity index (χ4n) is 5.21. The first-order chi connectivity index (χ1) is 20.9. The minimum absolute atomic E-state index is 0.168. The summed E-state index contributed by atoms with van der Waals surface area (Å²) in [6.45, 7) is 7.19. The van der Waals surface area contributed by atoms with E-state index in [1.54, 1.807) is 35.8 Å². The maximum Gasteiger partial charge on any atom is 0.271 e. The van der Waals surface area contributed by atoms with Gasteiger partial charge in [-0.05, 0) is 68.3 Å². The fraction of sp³-hybridized carbons (Fsp3) is 0.265. The average molecular weight is 598 g/mol. The summed E-state index contributed by atoms with van der Waals surface area (Å²) in [5.41, 5.74) is 3.30. The van der Waals surface area contributed by atoms with E-state index in [0.29, 0.717) is 63.1 Å². The minimum atomic E-state index is -0.753. The van der Waals surface area contributed by atoms with Gasteiger partial charge >= 0.3 is 0 Å². The highest BCUT2D eigenvalue weighted by Gasteiger charge is 2.36. The number of hydrogen-bond acceptors (Lipinski definition) is 7. The zero-order chi connectivity index (χ0) is 30.5. The van der Waals surface area contributed by atoms with Crippen LogP contribution in [0.25, 0.3) is 6.08 Å². The van der Waals surface area contributed by atoms with Crippen LogP contribution in [-0.4, -0.2) is 42.7 Å². The number of rotatable bonds is 10. The van der Waals surface area contributed by atoms with Crippen molar-refractivity contribution in [3.05, 3.63) is 120 Å². The largest absolute Gasteiger partial charge is 0.497 e. The number of fused-ring (bicyclic) bond motifs is 1. The van der Waals surface area contributed by atoms with Crippen molar-refractivity contribution in [2.45, 2.75) is 33.4 Å². The second kappa shape index (κ2) is 13.1. The number of hydrogen-bond donors (Lipinski definition) is 0. The Morgan fingerprint density at radius 2 is 1.74 bits per heavy atom. The topological polar surface area (TPSA) is 82.4 Å². The zero-order valence-corrected chi connectivity index (χ0v) is 25.8. The van der Waals surface area contributed by atoms with Gasteiger partial charge in [-0.2, -0.15) is 0 Å². The fourth-order valence-corrected chi connectivity index (χ4v) is 6.26. The van der Waals surface area contributed by atoms with Crippen LogP contribution in [0, 0.1) is 0 Å². The van der Waals surface area contributed by atoms with Crippen molar-refractivity contribution in [2.75, 3.05) is 27.3 Å². The summed E-state index contributed by atoms with van der Waals surface area (Å²) in [6, 6.07) is 22.2. The summed E-state index contributed by atoms with van der Waals surface area (Å²) in [7, 11) is 3.15. The van der Waals surface area contributed by atoms with Crippen molar-refractivity contribution in [3.63, 3.8) is 0 Å². The Morgan fingerprint density at radius 1 is 0.977 bits per heavy atom. The van der Waals surface area contributed by atoms with E-state index in [4.69, 9.17) is 19.2 Å². The van der Waals surface area contributed by atoms with E-state index in [9.17, 15) is 9.59 Å². The van der Waals surface area contributed by atoms with Crippen molar-refractivity contribution in [1.29, 1.82) is 0 Å². The Labute approximate surface area is 254 Å². The number of thiazole rings is 1. The number of amides is 1. The summed E-state index contributed by atoms with van der Waals surface area (Å²) in [5.74, 6) is 1.67. The molecule has 0 saturated carbocycles. The van der Waals surface area contributed by atoms with Gasteiger partial charge in [0.15, 0.2) is 4.80 Å². The van der Waals surface area contributed by atoms with E-state index in [1.165, 1.54) is 11.3 Å². The number of likely N-dealkylation sites (N-methyl/N-ethyl adjacent to an activating group) is 1. The molecule has 0 saturated heterocycles. The molecule has 4 aromatic rings. The number of carbonyl (C=O) groups excluding carboxylic acids is 1. The first-order valence-corrected chi connectivity index (χ1v) is 15.0. The second-order valence-electron chi connectivity index (χ2n) is 10.0. The second-order valence-corrected chi connectivity index (χ2v) is 11.0. The maximum absolute atomic E-state index is 14.2. The van der Waals surface area contributed by atoms with Gasteiger partial charge in [-0.1, -0.05) is 53.8 Å². The molecule has 1 atom stereocenters. The van der Waals surface area contributed by atoms with Crippen LogP contribution >= 0.6 is 11.3 Å².